The number of nitrogens with zero attached hydrogens (tertiary/aromatic N) is 2. The number of nitrogens with one attached hydrogen (secondary N) is 1. The number of hydrogen-bond donors (Lipinski definition) is 2. The SMILES string of the molecule is CCc1nsc(SCCC(=O)Nc2ccc(F)c(N)c2)n1. The second-order valence-corrected chi connectivity index (χ2v) is 6.31. The number of halogens is 1. The Morgan fingerprint density at radius 2 is 2.33 bits per heavy atom. The van der Waals surface area contributed by atoms with E-state index < -0.39 is 5.82 Å². The number of rotatable bonds is 6. The summed E-state index contributed by atoms with van der Waals surface area (Å²) in [5, 5.41) is 2.68. The summed E-state index contributed by atoms with van der Waals surface area (Å²) in [7, 11) is 0. The Balaban J connectivity index is 1.78. The van der Waals surface area contributed by atoms with Gasteiger partial charge in [0.1, 0.15) is 11.6 Å². The predicted octanol–water partition coefficient (Wildman–Crippen LogP) is 2.94. The zero-order chi connectivity index (χ0) is 15.2. The summed E-state index contributed by atoms with van der Waals surface area (Å²) < 4.78 is 18.0. The first-order valence-electron chi connectivity index (χ1n) is 6.38. The summed E-state index contributed by atoms with van der Waals surface area (Å²) >= 11 is 2.85. The van der Waals surface area contributed by atoms with Crippen molar-refractivity contribution in [3.05, 3.63) is 29.8 Å². The third kappa shape index (κ3) is 4.68. The summed E-state index contributed by atoms with van der Waals surface area (Å²) in [6.07, 6.45) is 1.15. The smallest absolute Gasteiger partial charge is 0.225 e. The topological polar surface area (TPSA) is 80.9 Å². The number of amides is 1. The molecule has 1 heterocycles. The third-order valence-corrected chi connectivity index (χ3v) is 4.47. The number of hydrogen-bond acceptors (Lipinski definition) is 6. The Morgan fingerprint density at radius 1 is 1.52 bits per heavy atom. The van der Waals surface area contributed by atoms with Crippen LogP contribution in [0.2, 0.25) is 0 Å². The van der Waals surface area contributed by atoms with E-state index in [0.29, 0.717) is 17.9 Å². The quantitative estimate of drug-likeness (QED) is 0.630. The molecule has 3 N–H and O–H groups in total. The summed E-state index contributed by atoms with van der Waals surface area (Å²) in [6.45, 7) is 2.00. The second kappa shape index (κ2) is 7.37. The lowest BCUT2D eigenvalue weighted by Gasteiger charge is -2.05. The van der Waals surface area contributed by atoms with Crippen LogP contribution in [-0.4, -0.2) is 21.0 Å². The molecule has 2 rings (SSSR count). The highest BCUT2D eigenvalue weighted by atomic mass is 32.2. The lowest BCUT2D eigenvalue weighted by molar-refractivity contribution is -0.115. The Morgan fingerprint density at radius 3 is 3.00 bits per heavy atom. The maximum absolute atomic E-state index is 13.0. The van der Waals surface area contributed by atoms with Crippen molar-refractivity contribution in [2.75, 3.05) is 16.8 Å². The van der Waals surface area contributed by atoms with E-state index in [2.05, 4.69) is 14.7 Å². The van der Waals surface area contributed by atoms with Gasteiger partial charge in [0, 0.05) is 24.3 Å². The van der Waals surface area contributed by atoms with Crippen LogP contribution in [0.25, 0.3) is 0 Å². The van der Waals surface area contributed by atoms with Gasteiger partial charge in [-0.1, -0.05) is 18.7 Å². The van der Waals surface area contributed by atoms with E-state index in [1.165, 1.54) is 41.5 Å². The number of aryl methyl sites for hydroxylation is 1. The monoisotopic (exact) mass is 326 g/mol. The largest absolute Gasteiger partial charge is 0.396 e. The van der Waals surface area contributed by atoms with Crippen molar-refractivity contribution in [2.45, 2.75) is 24.1 Å². The zero-order valence-corrected chi connectivity index (χ0v) is 13.1. The summed E-state index contributed by atoms with van der Waals surface area (Å²) in [5.41, 5.74) is 5.95. The number of nitrogens with two attached hydrogens (primary N) is 1. The van der Waals surface area contributed by atoms with E-state index in [1.54, 1.807) is 0 Å². The van der Waals surface area contributed by atoms with Gasteiger partial charge in [-0.3, -0.25) is 4.79 Å². The molecule has 0 aliphatic rings. The zero-order valence-electron chi connectivity index (χ0n) is 11.4. The van der Waals surface area contributed by atoms with Gasteiger partial charge in [0.15, 0.2) is 4.34 Å². The molecule has 0 aliphatic carbocycles. The fourth-order valence-corrected chi connectivity index (χ4v) is 3.22. The molecule has 0 saturated heterocycles. The van der Waals surface area contributed by atoms with Crippen molar-refractivity contribution in [2.24, 2.45) is 0 Å². The molecular weight excluding hydrogens is 311 g/mol. The third-order valence-electron chi connectivity index (χ3n) is 2.60. The van der Waals surface area contributed by atoms with E-state index in [0.717, 1.165) is 16.6 Å². The summed E-state index contributed by atoms with van der Waals surface area (Å²) in [5.74, 6) is 0.801. The highest BCUT2D eigenvalue weighted by molar-refractivity contribution is 8.00. The Kier molecular flexibility index (Phi) is 5.51. The molecule has 8 heteroatoms. The molecule has 0 radical (unpaired) electrons. The maximum Gasteiger partial charge on any atom is 0.225 e. The molecule has 0 aliphatic heterocycles. The van der Waals surface area contributed by atoms with E-state index in [4.69, 9.17) is 5.73 Å². The molecule has 2 aromatic rings. The first kappa shape index (κ1) is 15.7. The van der Waals surface area contributed by atoms with Crippen LogP contribution in [0.5, 0.6) is 0 Å². The van der Waals surface area contributed by atoms with Crippen molar-refractivity contribution < 1.29 is 9.18 Å². The van der Waals surface area contributed by atoms with Crippen molar-refractivity contribution >= 4 is 40.6 Å². The minimum absolute atomic E-state index is 0.0168. The average Bonchev–Trinajstić information content (AvgIpc) is 2.91. The van der Waals surface area contributed by atoms with Gasteiger partial charge in [-0.05, 0) is 29.7 Å². The molecule has 1 aromatic heterocycles. The van der Waals surface area contributed by atoms with Crippen LogP contribution in [0, 0.1) is 5.82 Å². The lowest BCUT2D eigenvalue weighted by atomic mass is 10.2. The molecule has 0 bridgehead atoms. The van der Waals surface area contributed by atoms with Gasteiger partial charge in [0.05, 0.1) is 5.69 Å². The molecule has 112 valence electrons. The molecule has 1 amide bonds. The standard InChI is InChI=1S/C13H15FN4OS2/c1-2-11-17-13(21-18-11)20-6-5-12(19)16-8-3-4-9(14)10(15)7-8/h3-4,7H,2,5-6,15H2,1H3,(H,16,19). The van der Waals surface area contributed by atoms with Gasteiger partial charge in [-0.25, -0.2) is 9.37 Å². The average molecular weight is 326 g/mol. The fraction of sp³-hybridized carbons (Fsp3) is 0.308. The lowest BCUT2D eigenvalue weighted by Crippen LogP contribution is -2.12. The van der Waals surface area contributed by atoms with Crippen molar-refractivity contribution in [1.29, 1.82) is 0 Å². The van der Waals surface area contributed by atoms with Crippen molar-refractivity contribution in [3.63, 3.8) is 0 Å². The molecule has 1 aromatic carbocycles. The van der Waals surface area contributed by atoms with Gasteiger partial charge in [-0.15, -0.1) is 0 Å². The molecule has 21 heavy (non-hydrogen) atoms. The highest BCUT2D eigenvalue weighted by Crippen LogP contribution is 2.21. The van der Waals surface area contributed by atoms with Crippen LogP contribution in [-0.2, 0) is 11.2 Å². The first-order chi connectivity index (χ1) is 10.1. The van der Waals surface area contributed by atoms with Gasteiger partial charge >= 0.3 is 0 Å². The van der Waals surface area contributed by atoms with E-state index in [9.17, 15) is 9.18 Å². The minimum atomic E-state index is -0.494. The minimum Gasteiger partial charge on any atom is -0.396 e. The van der Waals surface area contributed by atoms with Crippen LogP contribution in [0.15, 0.2) is 22.5 Å². The first-order valence-corrected chi connectivity index (χ1v) is 8.14. The molecule has 0 atom stereocenters. The van der Waals surface area contributed by atoms with E-state index in [1.807, 2.05) is 6.92 Å². The van der Waals surface area contributed by atoms with E-state index >= 15 is 0 Å². The normalized spacial score (nSPS) is 10.6. The van der Waals surface area contributed by atoms with Crippen LogP contribution >= 0.6 is 23.3 Å². The highest BCUT2D eigenvalue weighted by Gasteiger charge is 2.07. The van der Waals surface area contributed by atoms with Gasteiger partial charge in [-0.2, -0.15) is 4.37 Å². The Labute approximate surface area is 130 Å². The molecule has 0 spiro atoms. The molecular formula is C13H15FN4OS2. The number of carbonyl (C=O) groups excluding carboxylic acids is 1. The van der Waals surface area contributed by atoms with Crippen LogP contribution in [0.4, 0.5) is 15.8 Å². The number of benzene rings is 1. The van der Waals surface area contributed by atoms with Crippen molar-refractivity contribution in [1.82, 2.24) is 9.36 Å². The van der Waals surface area contributed by atoms with Crippen LogP contribution in [0.1, 0.15) is 19.2 Å². The van der Waals surface area contributed by atoms with Gasteiger partial charge in [0.25, 0.3) is 0 Å². The van der Waals surface area contributed by atoms with Crippen molar-refractivity contribution in [3.8, 4) is 0 Å². The van der Waals surface area contributed by atoms with E-state index in [-0.39, 0.29) is 11.6 Å². The molecule has 0 fully saturated rings. The molecule has 0 unspecified atom stereocenters. The Bertz CT molecular complexity index is 632. The maximum atomic E-state index is 13.0. The number of carbonyl (C=O) groups is 1. The number of aromatic nitrogens is 2. The van der Waals surface area contributed by atoms with Gasteiger partial charge in [0.2, 0.25) is 5.91 Å². The Hall–Kier alpha value is -1.67. The fourth-order valence-electron chi connectivity index (χ4n) is 1.52. The summed E-state index contributed by atoms with van der Waals surface area (Å²) in [6, 6.07) is 4.11. The number of anilines is 2. The molecule has 5 nitrogen and oxygen atoms in total. The predicted molar refractivity (Wildman–Crippen MR) is 84.1 cm³/mol. The summed E-state index contributed by atoms with van der Waals surface area (Å²) in [4.78, 5) is 16.1. The number of thioether (sulfide) groups is 1. The number of nitrogen functional groups attached to an aromatic ring is 1. The van der Waals surface area contributed by atoms with Crippen LogP contribution in [0.3, 0.4) is 0 Å². The van der Waals surface area contributed by atoms with Crippen LogP contribution < -0.4 is 11.1 Å². The molecule has 0 saturated carbocycles. The van der Waals surface area contributed by atoms with Gasteiger partial charge < -0.3 is 11.1 Å². The second-order valence-electron chi connectivity index (χ2n) is 4.21.